The van der Waals surface area contributed by atoms with E-state index >= 15 is 0 Å². The van der Waals surface area contributed by atoms with E-state index in [9.17, 15) is 31.2 Å². The first-order valence-electron chi connectivity index (χ1n) is 8.35. The largest absolute Gasteiger partial charge is 0.405 e. The number of hydrogen-bond acceptors (Lipinski definition) is 5. The fraction of sp³-hybridized carbons (Fsp3) is 0.222. The van der Waals surface area contributed by atoms with E-state index in [0.29, 0.717) is 4.90 Å². The van der Waals surface area contributed by atoms with Gasteiger partial charge in [-0.15, -0.1) is 0 Å². The molecule has 0 radical (unpaired) electrons. The molecule has 0 aliphatic carbocycles. The average Bonchev–Trinajstić information content (AvgIpc) is 2.66. The van der Waals surface area contributed by atoms with E-state index in [2.05, 4.69) is 4.72 Å². The van der Waals surface area contributed by atoms with E-state index in [0.717, 1.165) is 17.8 Å². The zero-order chi connectivity index (χ0) is 22.5. The number of alkyl halides is 3. The molecular formula is C18H18F3N3O4S2. The minimum Gasteiger partial charge on any atom is -0.343 e. The van der Waals surface area contributed by atoms with Crippen LogP contribution < -0.4 is 10.0 Å². The molecule has 0 fully saturated rings. The summed E-state index contributed by atoms with van der Waals surface area (Å²) in [6.45, 7) is -1.54. The minimum atomic E-state index is -4.59. The van der Waals surface area contributed by atoms with Crippen LogP contribution in [0.5, 0.6) is 0 Å². The molecule has 2 amide bonds. The Morgan fingerprint density at radius 1 is 1.07 bits per heavy atom. The van der Waals surface area contributed by atoms with Gasteiger partial charge in [-0.1, -0.05) is 18.2 Å². The number of thioether (sulfide) groups is 1. The number of nitrogens with one attached hydrogen (secondary N) is 2. The van der Waals surface area contributed by atoms with Crippen LogP contribution in [-0.4, -0.2) is 51.3 Å². The molecule has 0 saturated heterocycles. The average molecular weight is 461 g/mol. The Morgan fingerprint density at radius 3 is 2.37 bits per heavy atom. The molecule has 12 heteroatoms. The van der Waals surface area contributed by atoms with Gasteiger partial charge in [-0.05, 0) is 42.1 Å². The molecule has 0 saturated carbocycles. The second kappa shape index (κ2) is 9.39. The van der Waals surface area contributed by atoms with Gasteiger partial charge in [0, 0.05) is 24.6 Å². The van der Waals surface area contributed by atoms with Gasteiger partial charge in [0.2, 0.25) is 0 Å². The third-order valence-corrected chi connectivity index (χ3v) is 6.03. The molecule has 0 atom stereocenters. The molecule has 0 heterocycles. The molecule has 162 valence electrons. The van der Waals surface area contributed by atoms with Gasteiger partial charge in [0.1, 0.15) is 6.54 Å². The maximum absolute atomic E-state index is 12.7. The summed E-state index contributed by atoms with van der Waals surface area (Å²) in [5.74, 6) is -1.06. The van der Waals surface area contributed by atoms with Crippen molar-refractivity contribution in [1.29, 1.82) is 0 Å². The Kier molecular flexibility index (Phi) is 7.37. The lowest BCUT2D eigenvalue weighted by atomic mass is 10.2. The van der Waals surface area contributed by atoms with Gasteiger partial charge in [0.05, 0.1) is 10.6 Å². The van der Waals surface area contributed by atoms with Crippen molar-refractivity contribution in [3.8, 4) is 0 Å². The van der Waals surface area contributed by atoms with E-state index in [4.69, 9.17) is 0 Å². The van der Waals surface area contributed by atoms with Crippen LogP contribution in [0.4, 0.5) is 23.7 Å². The monoisotopic (exact) mass is 461 g/mol. The Hall–Kier alpha value is -2.73. The summed E-state index contributed by atoms with van der Waals surface area (Å²) in [7, 11) is -1.08. The molecule has 30 heavy (non-hydrogen) atoms. The number of rotatable bonds is 6. The maximum atomic E-state index is 12.7. The zero-order valence-electron chi connectivity index (χ0n) is 15.9. The lowest BCUT2D eigenvalue weighted by Crippen LogP contribution is -2.33. The highest BCUT2D eigenvalue weighted by Crippen LogP contribution is 2.30. The summed E-state index contributed by atoms with van der Waals surface area (Å²) in [5, 5.41) is 1.37. The van der Waals surface area contributed by atoms with E-state index in [1.54, 1.807) is 37.6 Å². The fourth-order valence-electron chi connectivity index (χ4n) is 2.12. The van der Waals surface area contributed by atoms with Gasteiger partial charge in [0.25, 0.3) is 21.2 Å². The van der Waals surface area contributed by atoms with E-state index in [1.807, 2.05) is 0 Å². The molecule has 0 bridgehead atoms. The van der Waals surface area contributed by atoms with Crippen molar-refractivity contribution in [2.75, 3.05) is 25.4 Å². The summed E-state index contributed by atoms with van der Waals surface area (Å²) in [6.07, 6.45) is -4.59. The number of amides is 2. The molecule has 2 aromatic carbocycles. The third-order valence-electron chi connectivity index (χ3n) is 3.55. The molecule has 2 N–H and O–H groups in total. The second-order valence-corrected chi connectivity index (χ2v) is 8.87. The minimum absolute atomic E-state index is 0.143. The van der Waals surface area contributed by atoms with Crippen LogP contribution >= 0.6 is 11.8 Å². The third kappa shape index (κ3) is 6.66. The Bertz CT molecular complexity index is 1040. The fourth-order valence-corrected chi connectivity index (χ4v) is 4.05. The van der Waals surface area contributed by atoms with Crippen LogP contribution in [0, 0.1) is 0 Å². The highest BCUT2D eigenvalue weighted by molar-refractivity contribution is 8.13. The van der Waals surface area contributed by atoms with Gasteiger partial charge in [-0.25, -0.2) is 8.42 Å². The van der Waals surface area contributed by atoms with Crippen molar-refractivity contribution >= 4 is 38.6 Å². The van der Waals surface area contributed by atoms with Crippen molar-refractivity contribution < 1.29 is 31.2 Å². The molecule has 0 aliphatic rings. The maximum Gasteiger partial charge on any atom is 0.405 e. The van der Waals surface area contributed by atoms with Crippen molar-refractivity contribution in [1.82, 2.24) is 10.2 Å². The first-order chi connectivity index (χ1) is 13.9. The van der Waals surface area contributed by atoms with Gasteiger partial charge in [-0.3, -0.25) is 14.3 Å². The normalized spacial score (nSPS) is 11.6. The number of halogens is 3. The van der Waals surface area contributed by atoms with Crippen LogP contribution in [0.15, 0.2) is 58.3 Å². The number of sulfonamides is 1. The standard InChI is InChI=1S/C18H18F3N3O4S2/c1-24(2)17(26)29-15-9-4-3-8-14(15)23-30(27,28)13-7-5-6-12(10-13)16(25)22-11-18(19,20)21/h3-10,23H,11H2,1-2H3,(H,22,25). The van der Waals surface area contributed by atoms with E-state index in [1.165, 1.54) is 29.2 Å². The van der Waals surface area contributed by atoms with Crippen molar-refractivity contribution in [3.05, 3.63) is 54.1 Å². The predicted octanol–water partition coefficient (Wildman–Crippen LogP) is 3.55. The first-order valence-corrected chi connectivity index (χ1v) is 10.6. The number of benzene rings is 2. The summed E-state index contributed by atoms with van der Waals surface area (Å²) in [5.41, 5.74) is -0.0998. The lowest BCUT2D eigenvalue weighted by molar-refractivity contribution is -0.123. The van der Waals surface area contributed by atoms with Crippen LogP contribution in [0.25, 0.3) is 0 Å². The van der Waals surface area contributed by atoms with Crippen LogP contribution in [0.3, 0.4) is 0 Å². The number of carbonyl (C=O) groups excluding carboxylic acids is 2. The van der Waals surface area contributed by atoms with Gasteiger partial charge < -0.3 is 10.2 Å². The topological polar surface area (TPSA) is 95.6 Å². The van der Waals surface area contributed by atoms with Crippen molar-refractivity contribution in [3.63, 3.8) is 0 Å². The molecular weight excluding hydrogens is 443 g/mol. The van der Waals surface area contributed by atoms with Crippen molar-refractivity contribution in [2.24, 2.45) is 0 Å². The SMILES string of the molecule is CN(C)C(=O)Sc1ccccc1NS(=O)(=O)c1cccc(C(=O)NCC(F)(F)F)c1. The molecule has 0 spiro atoms. The van der Waals surface area contributed by atoms with Crippen LogP contribution in [0.1, 0.15) is 10.4 Å². The number of hydrogen-bond donors (Lipinski definition) is 2. The summed E-state index contributed by atoms with van der Waals surface area (Å²) >= 11 is 0.821. The Balaban J connectivity index is 2.25. The molecule has 2 rings (SSSR count). The quantitative estimate of drug-likeness (QED) is 0.642. The Morgan fingerprint density at radius 2 is 1.73 bits per heavy atom. The number of anilines is 1. The first kappa shape index (κ1) is 23.5. The van der Waals surface area contributed by atoms with Gasteiger partial charge >= 0.3 is 6.18 Å². The molecule has 0 unspecified atom stereocenters. The van der Waals surface area contributed by atoms with Crippen LogP contribution in [0.2, 0.25) is 0 Å². The van der Waals surface area contributed by atoms with Crippen LogP contribution in [-0.2, 0) is 10.0 Å². The molecule has 7 nitrogen and oxygen atoms in total. The summed E-state index contributed by atoms with van der Waals surface area (Å²) < 4.78 is 64.6. The second-order valence-electron chi connectivity index (χ2n) is 6.19. The van der Waals surface area contributed by atoms with Gasteiger partial charge in [-0.2, -0.15) is 13.2 Å². The smallest absolute Gasteiger partial charge is 0.343 e. The predicted molar refractivity (Wildman–Crippen MR) is 107 cm³/mol. The zero-order valence-corrected chi connectivity index (χ0v) is 17.5. The van der Waals surface area contributed by atoms with E-state index < -0.39 is 28.7 Å². The highest BCUT2D eigenvalue weighted by atomic mass is 32.2. The Labute approximate surface area is 175 Å². The number of carbonyl (C=O) groups is 2. The lowest BCUT2D eigenvalue weighted by Gasteiger charge is -2.14. The van der Waals surface area contributed by atoms with Crippen molar-refractivity contribution in [2.45, 2.75) is 16.0 Å². The molecule has 2 aromatic rings. The summed E-state index contributed by atoms with van der Waals surface area (Å²) in [4.78, 5) is 25.2. The van der Waals surface area contributed by atoms with Gasteiger partial charge in [0.15, 0.2) is 0 Å². The number of nitrogens with zero attached hydrogens (tertiary/aromatic N) is 1. The molecule has 0 aliphatic heterocycles. The summed E-state index contributed by atoms with van der Waals surface area (Å²) in [6, 6.07) is 10.8. The highest BCUT2D eigenvalue weighted by Gasteiger charge is 2.28. The number of para-hydroxylation sites is 1. The molecule has 0 aromatic heterocycles. The van der Waals surface area contributed by atoms with E-state index in [-0.39, 0.29) is 21.4 Å².